The fraction of sp³-hybridized carbons (Fsp3) is 0.333. The number of hydrogen-bond donors (Lipinski definition) is 2. The Kier molecular flexibility index (Phi) is 5.26. The molecule has 1 amide bonds. The van der Waals surface area contributed by atoms with E-state index in [1.54, 1.807) is 17.5 Å². The zero-order valence-corrected chi connectivity index (χ0v) is 12.3. The maximum atomic E-state index is 12.0. The van der Waals surface area contributed by atoms with E-state index in [1.165, 1.54) is 0 Å². The number of carbonyl (C=O) groups excluding carboxylic acids is 1. The van der Waals surface area contributed by atoms with Crippen LogP contribution in [0, 0.1) is 5.92 Å². The summed E-state index contributed by atoms with van der Waals surface area (Å²) in [5.41, 5.74) is 7.33. The maximum absolute atomic E-state index is 12.0. The molecule has 0 bridgehead atoms. The Bertz CT molecular complexity index is 537. The molecule has 3 N–H and O–H groups in total. The molecular weight excluding hydrogens is 270 g/mol. The van der Waals surface area contributed by atoms with Crippen LogP contribution in [-0.2, 0) is 4.79 Å². The number of thiazole rings is 1. The summed E-state index contributed by atoms with van der Waals surface area (Å²) in [5.74, 6) is 0.0256. The van der Waals surface area contributed by atoms with Crippen LogP contribution in [0.25, 0.3) is 10.6 Å². The van der Waals surface area contributed by atoms with Crippen LogP contribution in [0.3, 0.4) is 0 Å². The average molecular weight is 289 g/mol. The van der Waals surface area contributed by atoms with Gasteiger partial charge in [-0.15, -0.1) is 11.3 Å². The number of anilines is 1. The predicted octanol–water partition coefficient (Wildman–Crippen LogP) is 3.12. The largest absolute Gasteiger partial charge is 0.330 e. The van der Waals surface area contributed by atoms with Crippen molar-refractivity contribution in [3.63, 3.8) is 0 Å². The van der Waals surface area contributed by atoms with Crippen LogP contribution in [0.5, 0.6) is 0 Å². The minimum atomic E-state index is -0.0165. The Labute approximate surface area is 123 Å². The highest BCUT2D eigenvalue weighted by Crippen LogP contribution is 2.23. The van der Waals surface area contributed by atoms with Crippen molar-refractivity contribution in [3.8, 4) is 10.6 Å². The Hall–Kier alpha value is -1.72. The van der Waals surface area contributed by atoms with E-state index in [0.717, 1.165) is 29.1 Å². The van der Waals surface area contributed by atoms with Gasteiger partial charge in [0.05, 0.1) is 0 Å². The highest BCUT2D eigenvalue weighted by atomic mass is 32.1. The van der Waals surface area contributed by atoms with Crippen molar-refractivity contribution >= 4 is 22.9 Å². The molecule has 0 saturated carbocycles. The van der Waals surface area contributed by atoms with Crippen LogP contribution in [-0.4, -0.2) is 17.4 Å². The highest BCUT2D eigenvalue weighted by Gasteiger charge is 2.12. The molecule has 106 valence electrons. The predicted molar refractivity (Wildman–Crippen MR) is 83.6 cm³/mol. The minimum Gasteiger partial charge on any atom is -0.330 e. The smallest absolute Gasteiger partial charge is 0.227 e. The van der Waals surface area contributed by atoms with Gasteiger partial charge in [0.1, 0.15) is 5.01 Å². The van der Waals surface area contributed by atoms with Crippen LogP contribution >= 0.6 is 11.3 Å². The second-order valence-electron chi connectivity index (χ2n) is 4.74. The summed E-state index contributed by atoms with van der Waals surface area (Å²) in [6.07, 6.45) is 3.48. The van der Waals surface area contributed by atoms with Crippen molar-refractivity contribution in [2.75, 3.05) is 11.9 Å². The first kappa shape index (κ1) is 14.7. The highest BCUT2D eigenvalue weighted by molar-refractivity contribution is 7.13. The van der Waals surface area contributed by atoms with E-state index >= 15 is 0 Å². The third-order valence-corrected chi connectivity index (χ3v) is 3.94. The van der Waals surface area contributed by atoms with Crippen LogP contribution in [0.4, 0.5) is 5.69 Å². The van der Waals surface area contributed by atoms with E-state index in [4.69, 9.17) is 5.73 Å². The molecule has 0 fully saturated rings. The number of nitrogens with zero attached hydrogens (tertiary/aromatic N) is 1. The Morgan fingerprint density at radius 1 is 1.40 bits per heavy atom. The lowest BCUT2D eigenvalue weighted by Gasteiger charge is -2.11. The van der Waals surface area contributed by atoms with E-state index < -0.39 is 0 Å². The van der Waals surface area contributed by atoms with Crippen molar-refractivity contribution < 1.29 is 4.79 Å². The van der Waals surface area contributed by atoms with Gasteiger partial charge in [-0.3, -0.25) is 4.79 Å². The second-order valence-corrected chi connectivity index (χ2v) is 5.63. The molecule has 2 rings (SSSR count). The number of nitrogens with one attached hydrogen (secondary N) is 1. The van der Waals surface area contributed by atoms with Crippen molar-refractivity contribution in [1.82, 2.24) is 4.98 Å². The van der Waals surface area contributed by atoms with Gasteiger partial charge in [0.25, 0.3) is 0 Å². The van der Waals surface area contributed by atoms with Gasteiger partial charge in [-0.05, 0) is 43.7 Å². The molecule has 0 saturated heterocycles. The molecular formula is C15H19N3OS. The van der Waals surface area contributed by atoms with Crippen LogP contribution < -0.4 is 11.1 Å². The van der Waals surface area contributed by atoms with Crippen molar-refractivity contribution in [3.05, 3.63) is 35.8 Å². The maximum Gasteiger partial charge on any atom is 0.227 e. The van der Waals surface area contributed by atoms with Crippen molar-refractivity contribution in [2.45, 2.75) is 19.8 Å². The van der Waals surface area contributed by atoms with E-state index in [-0.39, 0.29) is 11.8 Å². The fourth-order valence-electron chi connectivity index (χ4n) is 1.88. The lowest BCUT2D eigenvalue weighted by Crippen LogP contribution is -2.21. The number of benzene rings is 1. The molecule has 5 heteroatoms. The molecule has 0 aliphatic carbocycles. The summed E-state index contributed by atoms with van der Waals surface area (Å²) >= 11 is 1.60. The van der Waals surface area contributed by atoms with E-state index in [2.05, 4.69) is 10.3 Å². The quantitative estimate of drug-likeness (QED) is 0.858. The standard InChI is InChI=1S/C15H19N3OS/c1-11(3-2-8-16)14(19)18-13-6-4-12(5-7-13)15-17-9-10-20-15/h4-7,9-11H,2-3,8,16H2,1H3,(H,18,19). The number of aromatic nitrogens is 1. The van der Waals surface area contributed by atoms with E-state index in [1.807, 2.05) is 36.6 Å². The number of rotatable bonds is 6. The molecule has 1 heterocycles. The van der Waals surface area contributed by atoms with Gasteiger partial charge in [-0.2, -0.15) is 0 Å². The molecule has 1 unspecified atom stereocenters. The van der Waals surface area contributed by atoms with Gasteiger partial charge in [0.15, 0.2) is 0 Å². The molecule has 2 aromatic rings. The van der Waals surface area contributed by atoms with Gasteiger partial charge in [-0.1, -0.05) is 6.92 Å². The summed E-state index contributed by atoms with van der Waals surface area (Å²) < 4.78 is 0. The summed E-state index contributed by atoms with van der Waals surface area (Å²) in [4.78, 5) is 16.2. The zero-order valence-electron chi connectivity index (χ0n) is 11.5. The molecule has 1 aromatic heterocycles. The molecule has 0 aliphatic rings. The van der Waals surface area contributed by atoms with Crippen molar-refractivity contribution in [1.29, 1.82) is 0 Å². The molecule has 1 atom stereocenters. The Balaban J connectivity index is 1.95. The summed E-state index contributed by atoms with van der Waals surface area (Å²) in [6, 6.07) is 7.76. The molecule has 0 aliphatic heterocycles. The van der Waals surface area contributed by atoms with Gasteiger partial charge >= 0.3 is 0 Å². The van der Waals surface area contributed by atoms with Gasteiger partial charge in [0.2, 0.25) is 5.91 Å². The first-order valence-electron chi connectivity index (χ1n) is 6.71. The normalized spacial score (nSPS) is 12.1. The Morgan fingerprint density at radius 3 is 2.75 bits per heavy atom. The van der Waals surface area contributed by atoms with Crippen LogP contribution in [0.2, 0.25) is 0 Å². The molecule has 4 nitrogen and oxygen atoms in total. The lowest BCUT2D eigenvalue weighted by atomic mass is 10.0. The van der Waals surface area contributed by atoms with E-state index in [9.17, 15) is 4.79 Å². The fourth-order valence-corrected chi connectivity index (χ4v) is 2.53. The third-order valence-electron chi connectivity index (χ3n) is 3.12. The number of hydrogen-bond acceptors (Lipinski definition) is 4. The van der Waals surface area contributed by atoms with Crippen LogP contribution in [0.1, 0.15) is 19.8 Å². The monoisotopic (exact) mass is 289 g/mol. The van der Waals surface area contributed by atoms with Gasteiger partial charge in [-0.25, -0.2) is 4.98 Å². The average Bonchev–Trinajstić information content (AvgIpc) is 2.99. The second kappa shape index (κ2) is 7.17. The molecule has 20 heavy (non-hydrogen) atoms. The molecule has 0 radical (unpaired) electrons. The SMILES string of the molecule is CC(CCCN)C(=O)Nc1ccc(-c2nccs2)cc1. The first-order chi connectivity index (χ1) is 9.70. The molecule has 0 spiro atoms. The number of amides is 1. The van der Waals surface area contributed by atoms with Crippen LogP contribution in [0.15, 0.2) is 35.8 Å². The van der Waals surface area contributed by atoms with E-state index in [0.29, 0.717) is 6.54 Å². The minimum absolute atomic E-state index is 0.0165. The number of nitrogens with two attached hydrogens (primary N) is 1. The number of carbonyl (C=O) groups is 1. The summed E-state index contributed by atoms with van der Waals surface area (Å²) in [7, 11) is 0. The first-order valence-corrected chi connectivity index (χ1v) is 7.59. The molecule has 1 aromatic carbocycles. The third kappa shape index (κ3) is 3.88. The van der Waals surface area contributed by atoms with Gasteiger partial charge in [0, 0.05) is 28.7 Å². The van der Waals surface area contributed by atoms with Crippen molar-refractivity contribution in [2.24, 2.45) is 11.7 Å². The topological polar surface area (TPSA) is 68.0 Å². The van der Waals surface area contributed by atoms with Gasteiger partial charge < -0.3 is 11.1 Å². The Morgan fingerprint density at radius 2 is 2.15 bits per heavy atom. The summed E-state index contributed by atoms with van der Waals surface area (Å²) in [6.45, 7) is 2.55. The lowest BCUT2D eigenvalue weighted by molar-refractivity contribution is -0.119. The summed E-state index contributed by atoms with van der Waals surface area (Å²) in [5, 5.41) is 5.86. The zero-order chi connectivity index (χ0) is 14.4.